The van der Waals surface area contributed by atoms with Gasteiger partial charge >= 0.3 is 0 Å². The number of para-hydroxylation sites is 1. The van der Waals surface area contributed by atoms with Crippen molar-refractivity contribution >= 4 is 34.9 Å². The van der Waals surface area contributed by atoms with Crippen LogP contribution in [0.2, 0.25) is 0 Å². The molecule has 0 aliphatic carbocycles. The van der Waals surface area contributed by atoms with Gasteiger partial charge in [-0.3, -0.25) is 4.79 Å². The van der Waals surface area contributed by atoms with Gasteiger partial charge in [-0.25, -0.2) is 0 Å². The molecule has 2 nitrogen and oxygen atoms in total. The van der Waals surface area contributed by atoms with E-state index < -0.39 is 0 Å². The third-order valence-corrected chi connectivity index (χ3v) is 2.69. The summed E-state index contributed by atoms with van der Waals surface area (Å²) in [6.07, 6.45) is 0. The van der Waals surface area contributed by atoms with Crippen molar-refractivity contribution in [2.24, 2.45) is 0 Å². The number of rotatable bonds is 1. The molecule has 3 aromatic rings. The maximum absolute atomic E-state index is 11.9. The minimum atomic E-state index is -0.00861. The Labute approximate surface area is 121 Å². The first-order chi connectivity index (χ1) is 8.34. The zero-order chi connectivity index (χ0) is 11.7. The van der Waals surface area contributed by atoms with E-state index in [0.29, 0.717) is 16.7 Å². The summed E-state index contributed by atoms with van der Waals surface area (Å²) in [4.78, 5) is 11.9. The van der Waals surface area contributed by atoms with Gasteiger partial charge in [0, 0.05) is 35.5 Å². The summed E-state index contributed by atoms with van der Waals surface area (Å²) < 4.78 is 5.73. The van der Waals surface area contributed by atoms with Crippen LogP contribution in [0.25, 0.3) is 22.3 Å². The van der Waals surface area contributed by atoms with Crippen molar-refractivity contribution in [3.63, 3.8) is 0 Å². The SMILES string of the molecule is O=c1cc(-c2ccccc2)oc2ccccc12.[Sn]. The molecule has 2 aromatic carbocycles. The average molecular weight is 341 g/mol. The molecule has 0 N–H and O–H groups in total. The van der Waals surface area contributed by atoms with Gasteiger partial charge in [0.2, 0.25) is 0 Å². The molecule has 0 spiro atoms. The second-order valence-corrected chi connectivity index (χ2v) is 3.84. The zero-order valence-electron chi connectivity index (χ0n) is 9.59. The molecule has 3 rings (SSSR count). The van der Waals surface area contributed by atoms with Crippen LogP contribution in [0.15, 0.2) is 69.9 Å². The summed E-state index contributed by atoms with van der Waals surface area (Å²) in [5, 5.41) is 0.618. The fourth-order valence-electron chi connectivity index (χ4n) is 1.85. The van der Waals surface area contributed by atoms with Gasteiger partial charge in [-0.15, -0.1) is 0 Å². The Balaban J connectivity index is 0.00000120. The van der Waals surface area contributed by atoms with Gasteiger partial charge < -0.3 is 4.42 Å². The molecule has 1 aromatic heterocycles. The van der Waals surface area contributed by atoms with Crippen molar-refractivity contribution in [1.29, 1.82) is 0 Å². The van der Waals surface area contributed by atoms with Crippen molar-refractivity contribution in [2.75, 3.05) is 0 Å². The number of fused-ring (bicyclic) bond motifs is 1. The maximum Gasteiger partial charge on any atom is 0.193 e. The van der Waals surface area contributed by atoms with Gasteiger partial charge in [-0.1, -0.05) is 42.5 Å². The quantitative estimate of drug-likeness (QED) is 0.637. The van der Waals surface area contributed by atoms with Gasteiger partial charge in [-0.2, -0.15) is 0 Å². The smallest absolute Gasteiger partial charge is 0.193 e. The molecule has 0 unspecified atom stereocenters. The van der Waals surface area contributed by atoms with E-state index >= 15 is 0 Å². The van der Waals surface area contributed by atoms with E-state index in [1.807, 2.05) is 48.5 Å². The predicted octanol–water partition coefficient (Wildman–Crippen LogP) is 3.08. The summed E-state index contributed by atoms with van der Waals surface area (Å²) in [6.45, 7) is 0. The van der Waals surface area contributed by atoms with Crippen LogP contribution in [0.3, 0.4) is 0 Å². The van der Waals surface area contributed by atoms with Crippen LogP contribution < -0.4 is 5.43 Å². The summed E-state index contributed by atoms with van der Waals surface area (Å²) in [5.74, 6) is 0.606. The fraction of sp³-hybridized carbons (Fsp3) is 0. The first-order valence-corrected chi connectivity index (χ1v) is 5.43. The molecule has 4 radical (unpaired) electrons. The second kappa shape index (κ2) is 5.40. The van der Waals surface area contributed by atoms with Gasteiger partial charge in [0.15, 0.2) is 5.43 Å². The Morgan fingerprint density at radius 2 is 1.50 bits per heavy atom. The van der Waals surface area contributed by atoms with E-state index in [4.69, 9.17) is 4.42 Å². The summed E-state index contributed by atoms with van der Waals surface area (Å²) in [6, 6.07) is 18.4. The van der Waals surface area contributed by atoms with E-state index in [9.17, 15) is 4.79 Å². The third kappa shape index (κ3) is 2.34. The van der Waals surface area contributed by atoms with E-state index in [-0.39, 0.29) is 29.3 Å². The topological polar surface area (TPSA) is 30.2 Å². The molecular formula is C15H10O2Sn. The molecule has 0 atom stereocenters. The third-order valence-electron chi connectivity index (χ3n) is 2.69. The van der Waals surface area contributed by atoms with Gasteiger partial charge in [0.25, 0.3) is 0 Å². The Hall–Kier alpha value is -1.55. The maximum atomic E-state index is 11.9. The van der Waals surface area contributed by atoms with Crippen LogP contribution >= 0.6 is 0 Å². The summed E-state index contributed by atoms with van der Waals surface area (Å²) >= 11 is 0. The molecule has 3 heteroatoms. The van der Waals surface area contributed by atoms with Crippen molar-refractivity contribution in [3.05, 3.63) is 70.9 Å². The molecule has 18 heavy (non-hydrogen) atoms. The van der Waals surface area contributed by atoms with Crippen LogP contribution in [0.1, 0.15) is 0 Å². The van der Waals surface area contributed by atoms with Gasteiger partial charge in [-0.05, 0) is 12.1 Å². The Kier molecular flexibility index (Phi) is 3.87. The summed E-state index contributed by atoms with van der Waals surface area (Å²) in [7, 11) is 0. The molecule has 0 saturated heterocycles. The zero-order valence-corrected chi connectivity index (χ0v) is 12.4. The first-order valence-electron chi connectivity index (χ1n) is 5.43. The van der Waals surface area contributed by atoms with Crippen LogP contribution in [0.4, 0.5) is 0 Å². The molecular weight excluding hydrogens is 331 g/mol. The van der Waals surface area contributed by atoms with E-state index in [1.54, 1.807) is 6.07 Å². The molecule has 0 aliphatic heterocycles. The van der Waals surface area contributed by atoms with Crippen LogP contribution in [-0.4, -0.2) is 23.9 Å². The fourth-order valence-corrected chi connectivity index (χ4v) is 1.85. The van der Waals surface area contributed by atoms with E-state index in [2.05, 4.69) is 0 Å². The normalized spacial score (nSPS) is 10.0. The van der Waals surface area contributed by atoms with E-state index in [0.717, 1.165) is 5.56 Å². The monoisotopic (exact) mass is 342 g/mol. The molecule has 0 bridgehead atoms. The van der Waals surface area contributed by atoms with Crippen LogP contribution in [0, 0.1) is 0 Å². The van der Waals surface area contributed by atoms with Gasteiger partial charge in [0.05, 0.1) is 5.39 Å². The van der Waals surface area contributed by atoms with Crippen LogP contribution in [0.5, 0.6) is 0 Å². The van der Waals surface area contributed by atoms with Gasteiger partial charge in [0.1, 0.15) is 11.3 Å². The number of benzene rings is 2. The largest absolute Gasteiger partial charge is 0.456 e. The number of hydrogen-bond donors (Lipinski definition) is 0. The minimum Gasteiger partial charge on any atom is -0.456 e. The molecule has 1 heterocycles. The first kappa shape index (κ1) is 12.9. The van der Waals surface area contributed by atoms with Crippen molar-refractivity contribution in [2.45, 2.75) is 0 Å². The Morgan fingerprint density at radius 1 is 0.833 bits per heavy atom. The van der Waals surface area contributed by atoms with E-state index in [1.165, 1.54) is 6.07 Å². The molecule has 0 saturated carbocycles. The van der Waals surface area contributed by atoms with Crippen molar-refractivity contribution in [3.8, 4) is 11.3 Å². The standard InChI is InChI=1S/C15H10O2.Sn/c16-13-10-15(11-6-2-1-3-7-11)17-14-9-5-4-8-12(13)14;/h1-10H;. The molecule has 0 amide bonds. The number of hydrogen-bond acceptors (Lipinski definition) is 2. The molecule has 0 fully saturated rings. The van der Waals surface area contributed by atoms with Crippen molar-refractivity contribution < 1.29 is 4.42 Å². The summed E-state index contributed by atoms with van der Waals surface area (Å²) in [5.41, 5.74) is 1.53. The van der Waals surface area contributed by atoms with Crippen LogP contribution in [-0.2, 0) is 0 Å². The minimum absolute atomic E-state index is 0. The Morgan fingerprint density at radius 3 is 2.28 bits per heavy atom. The average Bonchev–Trinajstić information content (AvgIpc) is 2.40. The van der Waals surface area contributed by atoms with Crippen molar-refractivity contribution in [1.82, 2.24) is 0 Å². The second-order valence-electron chi connectivity index (χ2n) is 3.84. The molecule has 0 aliphatic rings. The Bertz CT molecular complexity index is 717. The predicted molar refractivity (Wildman–Crippen MR) is 73.7 cm³/mol. The molecule has 86 valence electrons.